The van der Waals surface area contributed by atoms with Crippen LogP contribution in [0.3, 0.4) is 0 Å². The van der Waals surface area contributed by atoms with Gasteiger partial charge >= 0.3 is 5.97 Å². The minimum Gasteiger partial charge on any atom is -0.475 e. The lowest BCUT2D eigenvalue weighted by Crippen LogP contribution is -2.36. The van der Waals surface area contributed by atoms with Gasteiger partial charge in [0.05, 0.1) is 0 Å². The molecular formula is C19H20N2O5. The van der Waals surface area contributed by atoms with E-state index in [9.17, 15) is 14.4 Å². The van der Waals surface area contributed by atoms with E-state index in [1.807, 2.05) is 0 Å². The van der Waals surface area contributed by atoms with Gasteiger partial charge in [0.25, 0.3) is 11.8 Å². The zero-order valence-electron chi connectivity index (χ0n) is 14.2. The highest BCUT2D eigenvalue weighted by molar-refractivity contribution is 6.03. The average molecular weight is 356 g/mol. The summed E-state index contributed by atoms with van der Waals surface area (Å²) >= 11 is 0. The zero-order chi connectivity index (χ0) is 18.5. The van der Waals surface area contributed by atoms with Crippen LogP contribution in [0.25, 0.3) is 0 Å². The summed E-state index contributed by atoms with van der Waals surface area (Å²) in [6, 6.07) is 9.26. The van der Waals surface area contributed by atoms with Crippen LogP contribution in [0.5, 0.6) is 0 Å². The monoisotopic (exact) mass is 356 g/mol. The predicted octanol–water partition coefficient (Wildman–Crippen LogP) is 3.29. The molecule has 1 aliphatic rings. The molecule has 0 bridgehead atoms. The molecule has 0 spiro atoms. The molecule has 0 unspecified atom stereocenters. The van der Waals surface area contributed by atoms with E-state index in [4.69, 9.17) is 9.52 Å². The molecule has 2 aromatic rings. The molecule has 136 valence electrons. The van der Waals surface area contributed by atoms with Crippen molar-refractivity contribution < 1.29 is 23.9 Å². The maximum absolute atomic E-state index is 12.3. The number of aromatic carboxylic acids is 1. The summed E-state index contributed by atoms with van der Waals surface area (Å²) < 4.78 is 4.95. The number of carboxylic acids is 1. The Labute approximate surface area is 150 Å². The molecule has 0 radical (unpaired) electrons. The summed E-state index contributed by atoms with van der Waals surface area (Å²) in [6.07, 6.45) is 5.55. The first-order valence-electron chi connectivity index (χ1n) is 8.58. The molecular weight excluding hydrogens is 336 g/mol. The standard InChI is InChI=1S/C19H20N2O5/c22-17(20-13-4-2-1-3-5-13)12-6-8-14(9-7-12)21-18(23)15-10-11-16(26-15)19(24)25/h6-11,13H,1-5H2,(H,20,22)(H,21,23)(H,24,25). The Morgan fingerprint density at radius 1 is 0.885 bits per heavy atom. The maximum Gasteiger partial charge on any atom is 0.371 e. The highest BCUT2D eigenvalue weighted by Gasteiger charge is 2.17. The first-order chi connectivity index (χ1) is 12.5. The van der Waals surface area contributed by atoms with Crippen molar-refractivity contribution in [1.29, 1.82) is 0 Å². The number of amides is 2. The van der Waals surface area contributed by atoms with E-state index in [0.717, 1.165) is 25.7 Å². The molecule has 7 heteroatoms. The van der Waals surface area contributed by atoms with Crippen LogP contribution < -0.4 is 10.6 Å². The number of rotatable bonds is 5. The number of benzene rings is 1. The molecule has 0 aliphatic heterocycles. The third kappa shape index (κ3) is 4.30. The van der Waals surface area contributed by atoms with Crippen molar-refractivity contribution in [2.75, 3.05) is 5.32 Å². The van der Waals surface area contributed by atoms with E-state index in [2.05, 4.69) is 10.6 Å². The van der Waals surface area contributed by atoms with Gasteiger partial charge in [-0.15, -0.1) is 0 Å². The van der Waals surface area contributed by atoms with Crippen molar-refractivity contribution in [3.05, 3.63) is 53.5 Å². The quantitative estimate of drug-likeness (QED) is 0.762. The molecule has 2 amide bonds. The molecule has 3 rings (SSSR count). The maximum atomic E-state index is 12.3. The van der Waals surface area contributed by atoms with Crippen molar-refractivity contribution in [3.8, 4) is 0 Å². The fraction of sp³-hybridized carbons (Fsp3) is 0.316. The Morgan fingerprint density at radius 2 is 1.54 bits per heavy atom. The lowest BCUT2D eigenvalue weighted by Gasteiger charge is -2.22. The van der Waals surface area contributed by atoms with Gasteiger partial charge in [0, 0.05) is 17.3 Å². The van der Waals surface area contributed by atoms with Gasteiger partial charge in [-0.1, -0.05) is 19.3 Å². The molecule has 0 atom stereocenters. The van der Waals surface area contributed by atoms with Crippen LogP contribution in [0.4, 0.5) is 5.69 Å². The lowest BCUT2D eigenvalue weighted by atomic mass is 9.95. The van der Waals surface area contributed by atoms with Crippen molar-refractivity contribution in [2.24, 2.45) is 0 Å². The van der Waals surface area contributed by atoms with Crippen LogP contribution in [-0.2, 0) is 0 Å². The summed E-state index contributed by atoms with van der Waals surface area (Å²) in [6.45, 7) is 0. The van der Waals surface area contributed by atoms with E-state index in [0.29, 0.717) is 11.3 Å². The van der Waals surface area contributed by atoms with Gasteiger partial charge in [-0.3, -0.25) is 9.59 Å². The number of nitrogens with one attached hydrogen (secondary N) is 2. The number of carbonyl (C=O) groups excluding carboxylic acids is 2. The normalized spacial score (nSPS) is 14.6. The van der Waals surface area contributed by atoms with E-state index >= 15 is 0 Å². The molecule has 0 saturated heterocycles. The third-order valence-electron chi connectivity index (χ3n) is 4.39. The topological polar surface area (TPSA) is 109 Å². The first-order valence-corrected chi connectivity index (χ1v) is 8.58. The van der Waals surface area contributed by atoms with E-state index in [1.165, 1.54) is 18.6 Å². The van der Waals surface area contributed by atoms with Crippen LogP contribution in [-0.4, -0.2) is 28.9 Å². The number of carbonyl (C=O) groups is 3. The van der Waals surface area contributed by atoms with Crippen molar-refractivity contribution in [1.82, 2.24) is 5.32 Å². The second-order valence-electron chi connectivity index (χ2n) is 6.31. The molecule has 1 aromatic carbocycles. The molecule has 3 N–H and O–H groups in total. The summed E-state index contributed by atoms with van der Waals surface area (Å²) in [5.41, 5.74) is 1.01. The van der Waals surface area contributed by atoms with Crippen LogP contribution >= 0.6 is 0 Å². The Kier molecular flexibility index (Phi) is 5.36. The molecule has 1 saturated carbocycles. The van der Waals surface area contributed by atoms with Gasteiger partial charge in [0.2, 0.25) is 5.76 Å². The number of carboxylic acid groups (broad SMARTS) is 1. The van der Waals surface area contributed by atoms with Crippen molar-refractivity contribution in [3.63, 3.8) is 0 Å². The number of hydrogen-bond acceptors (Lipinski definition) is 4. The van der Waals surface area contributed by atoms with Crippen molar-refractivity contribution >= 4 is 23.5 Å². The van der Waals surface area contributed by atoms with E-state index in [-0.39, 0.29) is 23.5 Å². The van der Waals surface area contributed by atoms with Gasteiger partial charge in [-0.05, 0) is 49.2 Å². The smallest absolute Gasteiger partial charge is 0.371 e. The Morgan fingerprint density at radius 3 is 2.15 bits per heavy atom. The Bertz CT molecular complexity index is 804. The minimum absolute atomic E-state index is 0.0958. The summed E-state index contributed by atoms with van der Waals surface area (Å²) in [7, 11) is 0. The first kappa shape index (κ1) is 17.7. The summed E-state index contributed by atoms with van der Waals surface area (Å²) in [5.74, 6) is -2.31. The molecule has 1 aliphatic carbocycles. The van der Waals surface area contributed by atoms with E-state index in [1.54, 1.807) is 24.3 Å². The highest BCUT2D eigenvalue weighted by atomic mass is 16.4. The van der Waals surface area contributed by atoms with Gasteiger partial charge in [0.15, 0.2) is 5.76 Å². The largest absolute Gasteiger partial charge is 0.475 e. The molecule has 1 fully saturated rings. The second kappa shape index (κ2) is 7.86. The lowest BCUT2D eigenvalue weighted by molar-refractivity contribution is 0.0660. The van der Waals surface area contributed by atoms with Gasteiger partial charge in [0.1, 0.15) is 0 Å². The third-order valence-corrected chi connectivity index (χ3v) is 4.39. The number of furan rings is 1. The SMILES string of the molecule is O=C(NC1CCCCC1)c1ccc(NC(=O)c2ccc(C(=O)O)o2)cc1. The second-order valence-corrected chi connectivity index (χ2v) is 6.31. The number of anilines is 1. The number of hydrogen-bond donors (Lipinski definition) is 3. The predicted molar refractivity (Wildman–Crippen MR) is 94.4 cm³/mol. The molecule has 1 aromatic heterocycles. The van der Waals surface area contributed by atoms with Gasteiger partial charge in [-0.25, -0.2) is 4.79 Å². The van der Waals surface area contributed by atoms with Gasteiger partial charge < -0.3 is 20.2 Å². The Hall–Kier alpha value is -3.09. The van der Waals surface area contributed by atoms with Crippen LogP contribution in [0.15, 0.2) is 40.8 Å². The van der Waals surface area contributed by atoms with Crippen LogP contribution in [0.1, 0.15) is 63.6 Å². The Balaban J connectivity index is 1.58. The highest BCUT2D eigenvalue weighted by Crippen LogP contribution is 2.18. The van der Waals surface area contributed by atoms with Crippen LogP contribution in [0, 0.1) is 0 Å². The fourth-order valence-corrected chi connectivity index (χ4v) is 2.99. The van der Waals surface area contributed by atoms with Crippen LogP contribution in [0.2, 0.25) is 0 Å². The summed E-state index contributed by atoms with van der Waals surface area (Å²) in [5, 5.41) is 14.4. The molecule has 26 heavy (non-hydrogen) atoms. The average Bonchev–Trinajstić information content (AvgIpc) is 3.14. The molecule has 7 nitrogen and oxygen atoms in total. The zero-order valence-corrected chi connectivity index (χ0v) is 14.2. The minimum atomic E-state index is -1.24. The van der Waals surface area contributed by atoms with E-state index < -0.39 is 11.9 Å². The fourth-order valence-electron chi connectivity index (χ4n) is 2.99. The van der Waals surface area contributed by atoms with Gasteiger partial charge in [-0.2, -0.15) is 0 Å². The summed E-state index contributed by atoms with van der Waals surface area (Å²) in [4.78, 5) is 35.1. The molecule has 1 heterocycles. The van der Waals surface area contributed by atoms with Crippen molar-refractivity contribution in [2.45, 2.75) is 38.1 Å².